The average Bonchev–Trinajstić information content (AvgIpc) is 3.14. The molecule has 5 rings (SSSR count). The maximum Gasteiger partial charge on any atom is 0.255 e. The molecular formula is C32H32N2O4. The zero-order valence-corrected chi connectivity index (χ0v) is 22.2. The Hall–Kier alpha value is -4.19. The lowest BCUT2D eigenvalue weighted by Crippen LogP contribution is -2.31. The van der Waals surface area contributed by atoms with E-state index in [0.717, 1.165) is 22.4 Å². The summed E-state index contributed by atoms with van der Waals surface area (Å²) in [5, 5.41) is 2.89. The first-order valence-electron chi connectivity index (χ1n) is 13.0. The highest BCUT2D eigenvalue weighted by atomic mass is 16.5. The molecule has 1 N–H and O–H groups in total. The number of carbonyl (C=O) groups is 3. The fourth-order valence-corrected chi connectivity index (χ4v) is 5.22. The number of allylic oxidation sites excluding steroid dienone is 2. The van der Waals surface area contributed by atoms with E-state index in [1.54, 1.807) is 36.4 Å². The number of aryl methyl sites for hydroxylation is 1. The lowest BCUT2D eigenvalue weighted by atomic mass is 9.82. The number of carbonyl (C=O) groups excluding carboxylic acids is 3. The summed E-state index contributed by atoms with van der Waals surface area (Å²) in [6, 6.07) is 20.1. The summed E-state index contributed by atoms with van der Waals surface area (Å²) in [4.78, 5) is 40.4. The van der Waals surface area contributed by atoms with Crippen LogP contribution in [0.25, 0.3) is 0 Å². The average molecular weight is 509 g/mol. The number of anilines is 2. The molecule has 1 aliphatic carbocycles. The number of nitrogens with zero attached hydrogens (tertiary/aromatic N) is 1. The normalized spacial score (nSPS) is 18.9. The Labute approximate surface area is 223 Å². The zero-order valence-electron chi connectivity index (χ0n) is 22.2. The first-order chi connectivity index (χ1) is 18.2. The Morgan fingerprint density at radius 1 is 0.947 bits per heavy atom. The molecule has 0 radical (unpaired) electrons. The Morgan fingerprint density at radius 3 is 2.42 bits per heavy atom. The molecule has 3 aromatic rings. The largest absolute Gasteiger partial charge is 0.457 e. The second kappa shape index (κ2) is 10.3. The third-order valence-corrected chi connectivity index (χ3v) is 7.32. The van der Waals surface area contributed by atoms with Gasteiger partial charge in [-0.15, -0.1) is 0 Å². The second-order valence-corrected chi connectivity index (χ2v) is 10.5. The Kier molecular flexibility index (Phi) is 6.89. The van der Waals surface area contributed by atoms with Crippen LogP contribution in [0, 0.1) is 18.8 Å². The number of fused-ring (bicyclic) bond motifs is 1. The molecule has 6 heteroatoms. The van der Waals surface area contributed by atoms with Gasteiger partial charge in [0.2, 0.25) is 11.8 Å². The quantitative estimate of drug-likeness (QED) is 0.287. The highest BCUT2D eigenvalue weighted by Crippen LogP contribution is 2.40. The predicted octanol–water partition coefficient (Wildman–Crippen LogP) is 7.01. The van der Waals surface area contributed by atoms with E-state index in [2.05, 4.69) is 31.3 Å². The van der Waals surface area contributed by atoms with Gasteiger partial charge in [0.25, 0.3) is 5.91 Å². The van der Waals surface area contributed by atoms with Crippen molar-refractivity contribution in [1.82, 2.24) is 0 Å². The van der Waals surface area contributed by atoms with E-state index >= 15 is 0 Å². The minimum atomic E-state index is -0.324. The summed E-state index contributed by atoms with van der Waals surface area (Å²) in [5.74, 6) is 0.496. The Bertz CT molecular complexity index is 1440. The van der Waals surface area contributed by atoms with Crippen LogP contribution >= 0.6 is 0 Å². The van der Waals surface area contributed by atoms with Gasteiger partial charge in [-0.25, -0.2) is 0 Å². The molecule has 2 aliphatic rings. The van der Waals surface area contributed by atoms with Crippen molar-refractivity contribution in [2.24, 2.45) is 11.8 Å². The van der Waals surface area contributed by atoms with E-state index < -0.39 is 0 Å². The van der Waals surface area contributed by atoms with Gasteiger partial charge in [0.05, 0.1) is 17.5 Å². The van der Waals surface area contributed by atoms with Crippen molar-refractivity contribution < 1.29 is 19.1 Å². The van der Waals surface area contributed by atoms with Crippen LogP contribution in [0.1, 0.15) is 61.0 Å². The number of nitrogens with one attached hydrogen (secondary N) is 1. The molecule has 0 aromatic heterocycles. The zero-order chi connectivity index (χ0) is 27.0. The molecule has 1 saturated heterocycles. The number of amides is 3. The first kappa shape index (κ1) is 25.5. The Morgan fingerprint density at radius 2 is 1.68 bits per heavy atom. The summed E-state index contributed by atoms with van der Waals surface area (Å²) >= 11 is 0. The SMILES string of the molecule is CC1=CC[C@H]2C(=O)N(c3cccc(C(=O)Nc4ccc(Oc5cc(C)ccc5C(C)C)cc4)c3)C(=O)[C@H]2C1. The summed E-state index contributed by atoms with van der Waals surface area (Å²) in [6.07, 6.45) is 3.23. The van der Waals surface area contributed by atoms with Crippen LogP contribution in [0.4, 0.5) is 11.4 Å². The standard InChI is InChI=1S/C32H32N2O4/c1-19(2)26-14-8-21(4)17-29(26)38-25-12-10-23(11-13-25)33-30(35)22-6-5-7-24(18-22)34-31(36)27-15-9-20(3)16-28(27)32(34)37/h5-14,17-19,27-28H,15-16H2,1-4H3,(H,33,35)/t27-,28+/m1/s1. The van der Waals surface area contributed by atoms with Crippen LogP contribution in [0.2, 0.25) is 0 Å². The van der Waals surface area contributed by atoms with E-state index in [1.807, 2.05) is 38.1 Å². The number of rotatable bonds is 6. The van der Waals surface area contributed by atoms with Crippen LogP contribution in [-0.4, -0.2) is 17.7 Å². The van der Waals surface area contributed by atoms with Crippen LogP contribution in [0.15, 0.2) is 78.4 Å². The predicted molar refractivity (Wildman–Crippen MR) is 149 cm³/mol. The topological polar surface area (TPSA) is 75.7 Å². The van der Waals surface area contributed by atoms with Gasteiger partial charge < -0.3 is 10.1 Å². The first-order valence-corrected chi connectivity index (χ1v) is 13.0. The number of benzene rings is 3. The van der Waals surface area contributed by atoms with Crippen molar-refractivity contribution in [2.75, 3.05) is 10.2 Å². The van der Waals surface area contributed by atoms with Gasteiger partial charge in [-0.3, -0.25) is 19.3 Å². The van der Waals surface area contributed by atoms with Crippen LogP contribution in [-0.2, 0) is 9.59 Å². The minimum Gasteiger partial charge on any atom is -0.457 e. The smallest absolute Gasteiger partial charge is 0.255 e. The van der Waals surface area contributed by atoms with Gasteiger partial charge in [-0.05, 0) is 92.3 Å². The highest BCUT2D eigenvalue weighted by molar-refractivity contribution is 6.22. The minimum absolute atomic E-state index is 0.185. The second-order valence-electron chi connectivity index (χ2n) is 10.5. The third kappa shape index (κ3) is 4.99. The number of ether oxygens (including phenoxy) is 1. The Balaban J connectivity index is 1.28. The van der Waals surface area contributed by atoms with Crippen molar-refractivity contribution in [3.8, 4) is 11.5 Å². The molecule has 0 spiro atoms. The van der Waals surface area contributed by atoms with Crippen molar-refractivity contribution in [3.05, 3.63) is 95.1 Å². The molecule has 0 bridgehead atoms. The van der Waals surface area contributed by atoms with Gasteiger partial charge in [0.15, 0.2) is 0 Å². The monoisotopic (exact) mass is 508 g/mol. The van der Waals surface area contributed by atoms with E-state index in [-0.39, 0.29) is 29.6 Å². The van der Waals surface area contributed by atoms with E-state index in [1.165, 1.54) is 4.90 Å². The highest BCUT2D eigenvalue weighted by Gasteiger charge is 2.48. The van der Waals surface area contributed by atoms with Crippen LogP contribution < -0.4 is 15.0 Å². The number of hydrogen-bond donors (Lipinski definition) is 1. The molecule has 1 fully saturated rings. The summed E-state index contributed by atoms with van der Waals surface area (Å²) in [7, 11) is 0. The summed E-state index contributed by atoms with van der Waals surface area (Å²) in [5.41, 5.74) is 4.81. The van der Waals surface area contributed by atoms with Crippen molar-refractivity contribution in [2.45, 2.75) is 46.5 Å². The maximum atomic E-state index is 13.1. The molecule has 2 atom stereocenters. The molecule has 194 valence electrons. The van der Waals surface area contributed by atoms with Gasteiger partial charge in [0.1, 0.15) is 11.5 Å². The fourth-order valence-electron chi connectivity index (χ4n) is 5.22. The number of hydrogen-bond acceptors (Lipinski definition) is 4. The molecular weight excluding hydrogens is 476 g/mol. The number of imide groups is 1. The lowest BCUT2D eigenvalue weighted by Gasteiger charge is -2.18. The van der Waals surface area contributed by atoms with Crippen molar-refractivity contribution in [3.63, 3.8) is 0 Å². The van der Waals surface area contributed by atoms with Crippen LogP contribution in [0.3, 0.4) is 0 Å². The molecule has 0 unspecified atom stereocenters. The van der Waals surface area contributed by atoms with Crippen molar-refractivity contribution in [1.29, 1.82) is 0 Å². The molecule has 1 aliphatic heterocycles. The van der Waals surface area contributed by atoms with E-state index in [9.17, 15) is 14.4 Å². The molecule has 1 heterocycles. The fraction of sp³-hybridized carbons (Fsp3) is 0.281. The molecule has 3 amide bonds. The van der Waals surface area contributed by atoms with Gasteiger partial charge in [0, 0.05) is 11.3 Å². The summed E-state index contributed by atoms with van der Waals surface area (Å²) < 4.78 is 6.15. The maximum absolute atomic E-state index is 13.1. The van der Waals surface area contributed by atoms with Gasteiger partial charge in [-0.1, -0.05) is 43.7 Å². The molecule has 6 nitrogen and oxygen atoms in total. The van der Waals surface area contributed by atoms with E-state index in [4.69, 9.17) is 4.74 Å². The van der Waals surface area contributed by atoms with E-state index in [0.29, 0.717) is 41.4 Å². The third-order valence-electron chi connectivity index (χ3n) is 7.32. The van der Waals surface area contributed by atoms with Gasteiger partial charge in [-0.2, -0.15) is 0 Å². The van der Waals surface area contributed by atoms with Crippen molar-refractivity contribution >= 4 is 29.1 Å². The molecule has 38 heavy (non-hydrogen) atoms. The molecule has 3 aromatic carbocycles. The van der Waals surface area contributed by atoms with Crippen LogP contribution in [0.5, 0.6) is 11.5 Å². The molecule has 0 saturated carbocycles. The van der Waals surface area contributed by atoms with Gasteiger partial charge >= 0.3 is 0 Å². The summed E-state index contributed by atoms with van der Waals surface area (Å²) in [6.45, 7) is 8.29. The lowest BCUT2D eigenvalue weighted by molar-refractivity contribution is -0.122.